The van der Waals surface area contributed by atoms with Gasteiger partial charge in [0.15, 0.2) is 10.4 Å². The predicted octanol–water partition coefficient (Wildman–Crippen LogP) is 1.83. The van der Waals surface area contributed by atoms with Crippen molar-refractivity contribution in [1.29, 1.82) is 0 Å². The van der Waals surface area contributed by atoms with Gasteiger partial charge in [0.05, 0.1) is 12.6 Å². The molecule has 1 aliphatic heterocycles. The lowest BCUT2D eigenvalue weighted by molar-refractivity contribution is -0.154. The van der Waals surface area contributed by atoms with Crippen LogP contribution >= 0.6 is 12.2 Å². The molecule has 1 aliphatic rings. The Morgan fingerprint density at radius 2 is 0.946 bits per heavy atom. The molecule has 0 unspecified atom stereocenters. The molecule has 11 amide bonds. The Hall–Kier alpha value is -7.30. The lowest BCUT2D eigenvalue weighted by Crippen LogP contribution is -2.63. The highest BCUT2D eigenvalue weighted by Gasteiger charge is 2.44. The maximum Gasteiger partial charge on any atom is 0.277 e. The number of carbonyl (C=O) groups excluding carboxylic acids is 11. The molecular formula is C63H107N15O13S. The second-order valence-corrected chi connectivity index (χ2v) is 27.8. The van der Waals surface area contributed by atoms with E-state index in [1.165, 1.54) is 80.6 Å². The van der Waals surface area contributed by atoms with Crippen molar-refractivity contribution in [2.24, 2.45) is 41.4 Å². The van der Waals surface area contributed by atoms with Gasteiger partial charge in [-0.1, -0.05) is 96.9 Å². The topological polar surface area (TPSA) is 365 Å². The molecule has 0 spiro atoms. The molecule has 1 saturated heterocycles. The van der Waals surface area contributed by atoms with Crippen LogP contribution in [-0.2, 0) is 59.2 Å². The Balaban J connectivity index is 2.30. The summed E-state index contributed by atoms with van der Waals surface area (Å²) in [6, 6.07) is -13.0. The second-order valence-electron chi connectivity index (χ2n) is 27.4. The molecule has 12 atom stereocenters. The third-order valence-corrected chi connectivity index (χ3v) is 17.1. The summed E-state index contributed by atoms with van der Waals surface area (Å²) in [5.41, 5.74) is -0.372. The van der Waals surface area contributed by atoms with Crippen LogP contribution in [-0.4, -0.2) is 235 Å². The number of imidazole rings is 1. The van der Waals surface area contributed by atoms with Crippen LogP contribution in [0.5, 0.6) is 0 Å². The van der Waals surface area contributed by atoms with E-state index in [0.29, 0.717) is 0 Å². The lowest BCUT2D eigenvalue weighted by atomic mass is 9.92. The normalized spacial score (nSPS) is 25.6. The minimum absolute atomic E-state index is 0.0144. The number of nitrogens with zero attached hydrogens (tertiary/aromatic N) is 7. The number of nitrogens with one attached hydrogen (secondary N) is 8. The molecule has 3 heterocycles. The van der Waals surface area contributed by atoms with E-state index >= 15 is 14.4 Å². The van der Waals surface area contributed by atoms with Crippen molar-refractivity contribution in [2.75, 3.05) is 48.8 Å². The summed E-state index contributed by atoms with van der Waals surface area (Å²) in [7, 11) is 8.37. The largest absolute Gasteiger partial charge is 0.390 e. The van der Waals surface area contributed by atoms with Gasteiger partial charge >= 0.3 is 0 Å². The number of fused-ring (bicyclic) bond motifs is 1. The standard InChI is InChI=1S/C63H107N15O13S/c1-23-39-59(88)73(17)29-45(79)74(18)40(24-30(2)3)54(83)69-46(34(10)11)62(91)75(19)41(25-31(4)5)53(82)64-37(15)52(81)65-38(16)58(87)76(20)42(26-32(6)7)60(89)77(21)43(27-33(8)9)61(90)78(22)49(35(12)13)57(86)70-47(55(84)66-39)50(80)36(14)28-44-67-48-51(68-44)71-63(92)72-56(48)85/h30-43,46-47,49-50,80H,23-29H2,1-22H3,(H,64,82)(H,65,81)(H,66,84)(H,69,83)(H,70,86)(H3,67,68,71,72,85,92)/t36-,37+,38-,39+,40+,41+,42+,43+,46+,47+,49+,50-/m1/s1. The van der Waals surface area contributed by atoms with E-state index in [1.807, 2.05) is 55.4 Å². The smallest absolute Gasteiger partial charge is 0.277 e. The zero-order chi connectivity index (χ0) is 70.4. The third kappa shape index (κ3) is 20.9. The fraction of sp³-hybridized carbons (Fsp3) is 0.746. The van der Waals surface area contributed by atoms with Gasteiger partial charge in [-0.25, -0.2) is 4.98 Å². The molecular weight excluding hydrogens is 1210 g/mol. The molecule has 29 heteroatoms. The molecule has 518 valence electrons. The fourth-order valence-corrected chi connectivity index (χ4v) is 11.6. The summed E-state index contributed by atoms with van der Waals surface area (Å²) >= 11 is 5.12. The van der Waals surface area contributed by atoms with E-state index in [2.05, 4.69) is 46.5 Å². The molecule has 2 aromatic heterocycles. The average Bonchev–Trinajstić information content (AvgIpc) is 1.37. The van der Waals surface area contributed by atoms with Crippen LogP contribution < -0.4 is 32.1 Å². The Morgan fingerprint density at radius 1 is 0.489 bits per heavy atom. The van der Waals surface area contributed by atoms with Gasteiger partial charge in [0, 0.05) is 48.7 Å². The number of aliphatic hydroxyl groups excluding tert-OH is 1. The number of likely N-dealkylation sites (N-methyl/N-ethyl adjacent to an activating group) is 6. The molecule has 1 fully saturated rings. The van der Waals surface area contributed by atoms with Gasteiger partial charge in [-0.05, 0) is 99.6 Å². The van der Waals surface area contributed by atoms with Crippen LogP contribution in [0.15, 0.2) is 4.79 Å². The zero-order valence-electron chi connectivity index (χ0n) is 58.2. The number of rotatable bonds is 15. The van der Waals surface area contributed by atoms with E-state index in [4.69, 9.17) is 12.2 Å². The highest BCUT2D eigenvalue weighted by Crippen LogP contribution is 2.24. The Morgan fingerprint density at radius 3 is 1.45 bits per heavy atom. The number of amides is 11. The molecule has 0 radical (unpaired) electrons. The van der Waals surface area contributed by atoms with Gasteiger partial charge in [-0.15, -0.1) is 0 Å². The van der Waals surface area contributed by atoms with E-state index in [0.717, 1.165) is 4.90 Å². The predicted molar refractivity (Wildman–Crippen MR) is 350 cm³/mol. The third-order valence-electron chi connectivity index (χ3n) is 16.9. The van der Waals surface area contributed by atoms with Gasteiger partial charge in [-0.2, -0.15) is 0 Å². The number of hydrogen-bond donors (Lipinski definition) is 9. The summed E-state index contributed by atoms with van der Waals surface area (Å²) in [5, 5.41) is 25.9. The summed E-state index contributed by atoms with van der Waals surface area (Å²) in [6.07, 6.45) is -1.42. The Labute approximate surface area is 547 Å². The number of H-pyrrole nitrogens is 3. The number of aliphatic hydroxyl groups is 1. The van der Waals surface area contributed by atoms with Crippen molar-refractivity contribution in [3.8, 4) is 0 Å². The first-order valence-electron chi connectivity index (χ1n) is 32.1. The number of aromatic nitrogens is 4. The molecule has 0 saturated carbocycles. The van der Waals surface area contributed by atoms with Crippen molar-refractivity contribution >= 4 is 88.4 Å². The van der Waals surface area contributed by atoms with Gasteiger partial charge in [-0.3, -0.25) is 62.5 Å². The molecule has 92 heavy (non-hydrogen) atoms. The van der Waals surface area contributed by atoms with Crippen LogP contribution in [0.1, 0.15) is 149 Å². The van der Waals surface area contributed by atoms with Crippen molar-refractivity contribution in [2.45, 2.75) is 216 Å². The van der Waals surface area contributed by atoms with E-state index in [9.17, 15) is 48.3 Å². The number of hydrogen-bond acceptors (Lipinski definition) is 15. The van der Waals surface area contributed by atoms with Crippen LogP contribution in [0, 0.1) is 46.2 Å². The Kier molecular flexibility index (Phi) is 29.7. The van der Waals surface area contributed by atoms with Crippen LogP contribution in [0.25, 0.3) is 11.2 Å². The molecule has 3 rings (SSSR count). The van der Waals surface area contributed by atoms with Gasteiger partial charge in [0.2, 0.25) is 65.0 Å². The van der Waals surface area contributed by atoms with Crippen molar-refractivity contribution in [1.82, 2.24) is 75.9 Å². The molecule has 0 aromatic carbocycles. The van der Waals surface area contributed by atoms with Gasteiger partial charge in [0.25, 0.3) is 5.56 Å². The SMILES string of the molecule is CC[C@@H]1NC(=O)[C@H]([C@H](O)[C@H](C)Cc2nc3[nH]c(=S)[nH]c(=O)c3[nH]2)NC(=O)[C@H](C(C)C)N(C)C(=O)[C@H](CC(C)C)N(C)C(=O)[C@H](CC(C)C)N(C)C(=O)[C@@H](C)NC(=O)[C@H](C)NC(=O)[C@H](CC(C)C)N(C)C(=O)[C@H](C(C)C)NC(=O)[C@H](CC(C)C)N(C)C(=O)CN(C)C1=O. The maximum atomic E-state index is 15.2. The molecule has 0 aliphatic carbocycles. The number of aromatic amines is 3. The van der Waals surface area contributed by atoms with E-state index < -0.39 is 161 Å². The lowest BCUT2D eigenvalue weighted by Gasteiger charge is -2.40. The number of carbonyl (C=O) groups is 11. The van der Waals surface area contributed by atoms with Crippen molar-refractivity contribution in [3.63, 3.8) is 0 Å². The van der Waals surface area contributed by atoms with Crippen LogP contribution in [0.3, 0.4) is 0 Å². The highest BCUT2D eigenvalue weighted by atomic mass is 32.1. The summed E-state index contributed by atoms with van der Waals surface area (Å²) in [5.74, 6) is -10.7. The maximum absolute atomic E-state index is 15.2. The molecule has 0 bridgehead atoms. The Bertz CT molecular complexity index is 3070. The minimum Gasteiger partial charge on any atom is -0.390 e. The minimum atomic E-state index is -1.84. The first-order valence-corrected chi connectivity index (χ1v) is 32.5. The first kappa shape index (κ1) is 78.9. The van der Waals surface area contributed by atoms with E-state index in [-0.39, 0.29) is 84.0 Å². The quantitative estimate of drug-likeness (QED) is 0.115. The molecule has 9 N–H and O–H groups in total. The van der Waals surface area contributed by atoms with Gasteiger partial charge in [0.1, 0.15) is 71.8 Å². The summed E-state index contributed by atoms with van der Waals surface area (Å²) in [6.45, 7) is 26.9. The van der Waals surface area contributed by atoms with E-state index in [1.54, 1.807) is 41.5 Å². The van der Waals surface area contributed by atoms with Crippen molar-refractivity contribution < 1.29 is 57.8 Å². The fourth-order valence-electron chi connectivity index (χ4n) is 11.4. The van der Waals surface area contributed by atoms with Crippen molar-refractivity contribution in [3.05, 3.63) is 20.9 Å². The summed E-state index contributed by atoms with van der Waals surface area (Å²) in [4.78, 5) is 193. The highest BCUT2D eigenvalue weighted by molar-refractivity contribution is 7.71. The van der Waals surface area contributed by atoms with Crippen LogP contribution in [0.2, 0.25) is 0 Å². The zero-order valence-corrected chi connectivity index (χ0v) is 59.0. The van der Waals surface area contributed by atoms with Crippen LogP contribution in [0.4, 0.5) is 0 Å². The summed E-state index contributed by atoms with van der Waals surface area (Å²) < 4.78 is 0.0144. The monoisotopic (exact) mass is 1310 g/mol. The second kappa shape index (κ2) is 34.6. The first-order chi connectivity index (χ1) is 42.6. The molecule has 28 nitrogen and oxygen atoms in total. The average molecular weight is 1310 g/mol. The molecule has 2 aromatic rings. The van der Waals surface area contributed by atoms with Gasteiger partial charge < -0.3 is 71.1 Å².